The molecule has 8 bridgehead atoms. The van der Waals surface area contributed by atoms with Crippen molar-refractivity contribution in [2.45, 2.75) is 52.4 Å². The van der Waals surface area contributed by atoms with Crippen molar-refractivity contribution in [1.82, 2.24) is 10.3 Å². The molecule has 4 heteroatoms. The molecule has 3 aromatic carbocycles. The Labute approximate surface area is 235 Å². The van der Waals surface area contributed by atoms with Gasteiger partial charge >= 0.3 is 0 Å². The third-order valence-electron chi connectivity index (χ3n) is 7.92. The maximum absolute atomic E-state index is 6.30. The third kappa shape index (κ3) is 4.06. The molecule has 40 heavy (non-hydrogen) atoms. The summed E-state index contributed by atoms with van der Waals surface area (Å²) in [6.45, 7) is 13.6. The highest BCUT2D eigenvalue weighted by atomic mass is 16.5. The van der Waals surface area contributed by atoms with Crippen LogP contribution in [0.3, 0.4) is 0 Å². The van der Waals surface area contributed by atoms with E-state index in [4.69, 9.17) is 14.7 Å². The first-order chi connectivity index (χ1) is 19.0. The Balaban J connectivity index is 1.63. The monoisotopic (exact) mass is 523 g/mol. The minimum Gasteiger partial charge on any atom is -0.439 e. The number of benzene rings is 3. The van der Waals surface area contributed by atoms with Crippen LogP contribution in [-0.4, -0.2) is 4.98 Å². The largest absolute Gasteiger partial charge is 0.439 e. The lowest BCUT2D eigenvalue weighted by Crippen LogP contribution is -2.34. The summed E-state index contributed by atoms with van der Waals surface area (Å²) in [5.41, 5.74) is 10.7. The fourth-order valence-electron chi connectivity index (χ4n) is 5.56. The van der Waals surface area contributed by atoms with Crippen molar-refractivity contribution in [2.24, 2.45) is 4.99 Å². The van der Waals surface area contributed by atoms with E-state index in [1.807, 2.05) is 24.3 Å². The minimum absolute atomic E-state index is 0.0308. The number of allylic oxidation sites excluding steroid dienone is 2. The molecule has 4 nitrogen and oxygen atoms in total. The van der Waals surface area contributed by atoms with Gasteiger partial charge in [-0.15, -0.1) is 0 Å². The van der Waals surface area contributed by atoms with Crippen LogP contribution in [0.15, 0.2) is 90.0 Å². The molecule has 0 aliphatic carbocycles. The smallest absolute Gasteiger partial charge is 0.219 e. The fraction of sp³-hybridized carbons (Fsp3) is 0.222. The van der Waals surface area contributed by atoms with E-state index >= 15 is 0 Å². The van der Waals surface area contributed by atoms with Crippen LogP contribution in [0.2, 0.25) is 0 Å². The summed E-state index contributed by atoms with van der Waals surface area (Å²) in [4.78, 5) is 10.4. The van der Waals surface area contributed by atoms with Gasteiger partial charge in [0.1, 0.15) is 5.75 Å². The Bertz CT molecular complexity index is 1910. The van der Waals surface area contributed by atoms with E-state index < -0.39 is 0 Å². The quantitative estimate of drug-likeness (QED) is 0.226. The SMILES string of the molecule is CC(C)(C)c1cc2c3c(c1)-c1cc(C(C)(C)C)cc(c1=N3)=C1C=CC=C(N1)c1cccc(c1)Oc1cccc-2n1. The second-order valence-corrected chi connectivity index (χ2v) is 12.9. The summed E-state index contributed by atoms with van der Waals surface area (Å²) in [5.74, 6) is 1.30. The number of fused-ring (bicyclic) bond motifs is 9. The Morgan fingerprint density at radius 2 is 1.48 bits per heavy atom. The van der Waals surface area contributed by atoms with Crippen molar-refractivity contribution in [2.75, 3.05) is 0 Å². The molecular formula is C36H33N3O. The molecule has 7 rings (SSSR count). The number of aromatic nitrogens is 1. The van der Waals surface area contributed by atoms with Crippen LogP contribution in [0.5, 0.6) is 11.6 Å². The number of nitrogens with zero attached hydrogens (tertiary/aromatic N) is 2. The molecule has 4 aromatic rings. The lowest BCUT2D eigenvalue weighted by Gasteiger charge is -2.23. The molecule has 3 aliphatic heterocycles. The van der Waals surface area contributed by atoms with Crippen LogP contribution in [0.25, 0.3) is 33.8 Å². The summed E-state index contributed by atoms with van der Waals surface area (Å²) in [5, 5.41) is 5.83. The van der Waals surface area contributed by atoms with Gasteiger partial charge in [0.15, 0.2) is 0 Å². The predicted octanol–water partition coefficient (Wildman–Crippen LogP) is 7.69. The van der Waals surface area contributed by atoms with Gasteiger partial charge in [-0.25, -0.2) is 9.98 Å². The Kier molecular flexibility index (Phi) is 5.24. The van der Waals surface area contributed by atoms with E-state index in [0.717, 1.165) is 55.8 Å². The zero-order chi connectivity index (χ0) is 27.8. The molecule has 198 valence electrons. The molecule has 4 heterocycles. The number of rotatable bonds is 0. The number of pyridine rings is 1. The van der Waals surface area contributed by atoms with Crippen molar-refractivity contribution < 1.29 is 4.74 Å². The van der Waals surface area contributed by atoms with Crippen molar-refractivity contribution in [3.8, 4) is 34.0 Å². The van der Waals surface area contributed by atoms with Gasteiger partial charge in [0.25, 0.3) is 0 Å². The molecule has 0 fully saturated rings. The van der Waals surface area contributed by atoms with Gasteiger partial charge in [0.05, 0.1) is 16.7 Å². The topological polar surface area (TPSA) is 46.5 Å². The molecule has 0 radical (unpaired) electrons. The zero-order valence-electron chi connectivity index (χ0n) is 23.9. The number of hydrogen-bond acceptors (Lipinski definition) is 4. The maximum atomic E-state index is 6.30. The summed E-state index contributed by atoms with van der Waals surface area (Å²) in [7, 11) is 0. The minimum atomic E-state index is -0.0471. The molecule has 0 spiro atoms. The summed E-state index contributed by atoms with van der Waals surface area (Å²) in [6, 6.07) is 23.4. The first kappa shape index (κ1) is 24.6. The lowest BCUT2D eigenvalue weighted by molar-refractivity contribution is 0.463. The van der Waals surface area contributed by atoms with E-state index in [1.54, 1.807) is 0 Å². The Morgan fingerprint density at radius 1 is 0.750 bits per heavy atom. The zero-order valence-corrected chi connectivity index (χ0v) is 23.9. The molecule has 0 saturated heterocycles. The van der Waals surface area contributed by atoms with Crippen LogP contribution in [0, 0.1) is 0 Å². The standard InChI is InChI=1S/C36H33N3O/c1-35(2,3)22-17-25-26-18-23(36(4,5)6)20-28-31-14-9-15-32(38-31)40-24-11-7-10-21(16-24)29-12-8-13-30(37-29)27(19-22)33(25)39-34(26)28/h7-20,37H,1-6H3. The maximum Gasteiger partial charge on any atom is 0.219 e. The van der Waals surface area contributed by atoms with E-state index in [2.05, 4.69) is 108 Å². The van der Waals surface area contributed by atoms with Gasteiger partial charge < -0.3 is 10.1 Å². The van der Waals surface area contributed by atoms with Crippen LogP contribution < -0.4 is 20.6 Å². The van der Waals surface area contributed by atoms with Crippen LogP contribution in [-0.2, 0) is 10.8 Å². The van der Waals surface area contributed by atoms with E-state index in [1.165, 1.54) is 16.7 Å². The van der Waals surface area contributed by atoms with Crippen LogP contribution in [0.4, 0.5) is 5.69 Å². The van der Waals surface area contributed by atoms with Gasteiger partial charge in [0.2, 0.25) is 5.88 Å². The average Bonchev–Trinajstić information content (AvgIpc) is 3.30. The molecule has 1 N–H and O–H groups in total. The summed E-state index contributed by atoms with van der Waals surface area (Å²) < 4.78 is 6.30. The van der Waals surface area contributed by atoms with Crippen molar-refractivity contribution in [3.05, 3.63) is 112 Å². The van der Waals surface area contributed by atoms with Gasteiger partial charge in [-0.05, 0) is 76.6 Å². The molecule has 3 aliphatic rings. The highest BCUT2D eigenvalue weighted by Crippen LogP contribution is 2.44. The van der Waals surface area contributed by atoms with E-state index in [9.17, 15) is 0 Å². The first-order valence-electron chi connectivity index (χ1n) is 13.9. The molecule has 0 unspecified atom stereocenters. The molecular weight excluding hydrogens is 490 g/mol. The summed E-state index contributed by atoms with van der Waals surface area (Å²) >= 11 is 0. The third-order valence-corrected chi connectivity index (χ3v) is 7.92. The second kappa shape index (κ2) is 8.53. The van der Waals surface area contributed by atoms with Crippen molar-refractivity contribution in [3.63, 3.8) is 0 Å². The van der Waals surface area contributed by atoms with Gasteiger partial charge in [0, 0.05) is 44.9 Å². The highest BCUT2D eigenvalue weighted by Gasteiger charge is 2.27. The second-order valence-electron chi connectivity index (χ2n) is 12.9. The number of dihydropyridines is 1. The Hall–Kier alpha value is -4.44. The number of nitrogens with one attached hydrogen (secondary N) is 1. The van der Waals surface area contributed by atoms with Crippen molar-refractivity contribution in [1.29, 1.82) is 0 Å². The normalized spacial score (nSPS) is 14.8. The molecule has 0 amide bonds. The van der Waals surface area contributed by atoms with Crippen LogP contribution in [0.1, 0.15) is 58.2 Å². The van der Waals surface area contributed by atoms with Gasteiger partial charge in [-0.1, -0.05) is 65.8 Å². The first-order valence-corrected chi connectivity index (χ1v) is 13.9. The average molecular weight is 524 g/mol. The molecule has 0 atom stereocenters. The van der Waals surface area contributed by atoms with Gasteiger partial charge in [-0.2, -0.15) is 0 Å². The van der Waals surface area contributed by atoms with E-state index in [0.29, 0.717) is 5.88 Å². The van der Waals surface area contributed by atoms with E-state index in [-0.39, 0.29) is 10.8 Å². The summed E-state index contributed by atoms with van der Waals surface area (Å²) in [6.07, 6.45) is 6.36. The van der Waals surface area contributed by atoms with Crippen molar-refractivity contribution >= 4 is 17.1 Å². The van der Waals surface area contributed by atoms with Gasteiger partial charge in [-0.3, -0.25) is 0 Å². The van der Waals surface area contributed by atoms with Crippen LogP contribution >= 0.6 is 0 Å². The predicted molar refractivity (Wildman–Crippen MR) is 163 cm³/mol. The lowest BCUT2D eigenvalue weighted by atomic mass is 9.81. The highest BCUT2D eigenvalue weighted by molar-refractivity contribution is 5.91. The molecule has 1 aromatic heterocycles. The Morgan fingerprint density at radius 3 is 2.27 bits per heavy atom. The molecule has 0 saturated carbocycles. The number of hydrogen-bond donors (Lipinski definition) is 1. The number of ether oxygens (including phenoxy) is 1. The fourth-order valence-corrected chi connectivity index (χ4v) is 5.56.